The fraction of sp³-hybridized carbons (Fsp3) is 0.684. The Morgan fingerprint density at radius 3 is 2.08 bits per heavy atom. The van der Waals surface area contributed by atoms with Crippen LogP contribution < -0.4 is 10.2 Å². The summed E-state index contributed by atoms with van der Waals surface area (Å²) in [6.07, 6.45) is 0. The summed E-state index contributed by atoms with van der Waals surface area (Å²) in [6.45, 7) is 18.2. The third kappa shape index (κ3) is 4.61. The SMILES string of the molecule is Cc1cc(B2OC(C)(C)C(C)(C)O2)cc(C(C)N[S@+]([O-])C(C)(C)C)c1. The molecule has 0 radical (unpaired) electrons. The first-order valence-electron chi connectivity index (χ1n) is 8.88. The van der Waals surface area contributed by atoms with Crippen molar-refractivity contribution in [2.75, 3.05) is 0 Å². The Morgan fingerprint density at radius 2 is 1.60 bits per heavy atom. The van der Waals surface area contributed by atoms with Gasteiger partial charge in [0.2, 0.25) is 0 Å². The largest absolute Gasteiger partial charge is 0.598 e. The van der Waals surface area contributed by atoms with E-state index in [1.807, 2.05) is 27.7 Å². The molecule has 25 heavy (non-hydrogen) atoms. The van der Waals surface area contributed by atoms with Gasteiger partial charge in [0.1, 0.15) is 4.75 Å². The molecular weight excluding hydrogens is 333 g/mol. The zero-order chi connectivity index (χ0) is 19.2. The van der Waals surface area contributed by atoms with Gasteiger partial charge in [0.25, 0.3) is 0 Å². The number of hydrogen-bond acceptors (Lipinski definition) is 4. The predicted octanol–water partition coefficient (Wildman–Crippen LogP) is 3.41. The molecule has 0 bridgehead atoms. The average Bonchev–Trinajstić information content (AvgIpc) is 2.65. The topological polar surface area (TPSA) is 53.5 Å². The summed E-state index contributed by atoms with van der Waals surface area (Å²) in [6, 6.07) is 6.28. The summed E-state index contributed by atoms with van der Waals surface area (Å²) in [7, 11) is -0.385. The Labute approximate surface area is 156 Å². The molecule has 1 heterocycles. The van der Waals surface area contributed by atoms with Gasteiger partial charge >= 0.3 is 7.12 Å². The molecule has 4 nitrogen and oxygen atoms in total. The van der Waals surface area contributed by atoms with Crippen LogP contribution in [0.15, 0.2) is 18.2 Å². The second-order valence-corrected chi connectivity index (χ2v) is 11.0. The molecule has 0 aromatic heterocycles. The van der Waals surface area contributed by atoms with Gasteiger partial charge in [0.05, 0.1) is 17.2 Å². The van der Waals surface area contributed by atoms with Crippen molar-refractivity contribution in [1.82, 2.24) is 4.72 Å². The number of benzene rings is 1. The molecule has 1 saturated heterocycles. The van der Waals surface area contributed by atoms with Gasteiger partial charge in [0.15, 0.2) is 0 Å². The van der Waals surface area contributed by atoms with Crippen LogP contribution in [0.2, 0.25) is 0 Å². The fourth-order valence-corrected chi connectivity index (χ4v) is 3.42. The zero-order valence-electron chi connectivity index (χ0n) is 17.0. The Hall–Kier alpha value is -0.525. The number of rotatable bonds is 4. The van der Waals surface area contributed by atoms with E-state index in [2.05, 4.69) is 57.5 Å². The number of aryl methyl sites for hydroxylation is 1. The molecule has 2 rings (SSSR count). The van der Waals surface area contributed by atoms with Crippen molar-refractivity contribution in [3.8, 4) is 0 Å². The standard InChI is InChI=1S/C19H32BNO3S/c1-13-10-15(14(2)21-25(22)17(3,4)5)12-16(11-13)20-23-18(6,7)19(8,9)24-20/h10-12,14,21H,1-9H3/t14?,25-/m1/s1. The van der Waals surface area contributed by atoms with Crippen LogP contribution in [0.25, 0.3) is 0 Å². The smallest absolute Gasteiger partial charge is 0.494 e. The molecule has 2 atom stereocenters. The molecule has 0 aliphatic carbocycles. The minimum atomic E-state index is -1.12. The lowest BCUT2D eigenvalue weighted by atomic mass is 9.77. The maximum absolute atomic E-state index is 12.4. The lowest BCUT2D eigenvalue weighted by molar-refractivity contribution is 0.00578. The summed E-state index contributed by atoms with van der Waals surface area (Å²) in [4.78, 5) is 0. The lowest BCUT2D eigenvalue weighted by Gasteiger charge is -2.32. The van der Waals surface area contributed by atoms with Crippen LogP contribution in [-0.2, 0) is 20.7 Å². The van der Waals surface area contributed by atoms with Gasteiger partial charge in [-0.1, -0.05) is 23.8 Å². The summed E-state index contributed by atoms with van der Waals surface area (Å²) in [5.74, 6) is 0. The van der Waals surface area contributed by atoms with Gasteiger partial charge in [-0.15, -0.1) is 4.72 Å². The lowest BCUT2D eigenvalue weighted by Crippen LogP contribution is -2.41. The molecule has 1 unspecified atom stereocenters. The van der Waals surface area contributed by atoms with Gasteiger partial charge < -0.3 is 13.9 Å². The van der Waals surface area contributed by atoms with Crippen LogP contribution in [0.1, 0.15) is 72.6 Å². The highest BCUT2D eigenvalue weighted by atomic mass is 32.2. The maximum Gasteiger partial charge on any atom is 0.494 e. The Kier molecular flexibility index (Phi) is 5.73. The molecule has 1 aromatic carbocycles. The highest BCUT2D eigenvalue weighted by molar-refractivity contribution is 7.90. The zero-order valence-corrected chi connectivity index (χ0v) is 17.8. The minimum absolute atomic E-state index is 0.0267. The van der Waals surface area contributed by atoms with Crippen molar-refractivity contribution >= 4 is 23.9 Å². The van der Waals surface area contributed by atoms with Crippen molar-refractivity contribution in [1.29, 1.82) is 0 Å². The van der Waals surface area contributed by atoms with Gasteiger partial charge in [-0.05, 0) is 73.3 Å². The molecule has 1 aromatic rings. The van der Waals surface area contributed by atoms with Crippen molar-refractivity contribution in [2.45, 2.75) is 84.3 Å². The summed E-state index contributed by atoms with van der Waals surface area (Å²) in [5, 5.41) is 0. The Bertz CT molecular complexity index is 612. The monoisotopic (exact) mass is 365 g/mol. The van der Waals surface area contributed by atoms with E-state index in [1.54, 1.807) is 0 Å². The molecule has 6 heteroatoms. The first kappa shape index (κ1) is 20.8. The second-order valence-electron chi connectivity index (χ2n) is 8.99. The van der Waals surface area contributed by atoms with Crippen molar-refractivity contribution in [3.05, 3.63) is 29.3 Å². The van der Waals surface area contributed by atoms with Crippen LogP contribution in [0, 0.1) is 6.92 Å². The van der Waals surface area contributed by atoms with Gasteiger partial charge in [0, 0.05) is 11.4 Å². The number of nitrogens with one attached hydrogen (secondary N) is 1. The van der Waals surface area contributed by atoms with Crippen LogP contribution in [-0.4, -0.2) is 27.6 Å². The summed E-state index contributed by atoms with van der Waals surface area (Å²) >= 11 is -1.12. The van der Waals surface area contributed by atoms with Crippen LogP contribution >= 0.6 is 0 Å². The number of hydrogen-bond donors (Lipinski definition) is 1. The van der Waals surface area contributed by atoms with Crippen LogP contribution in [0.5, 0.6) is 0 Å². The van der Waals surface area contributed by atoms with Gasteiger partial charge in [-0.25, -0.2) is 0 Å². The van der Waals surface area contributed by atoms with Gasteiger partial charge in [-0.2, -0.15) is 0 Å². The quantitative estimate of drug-likeness (QED) is 0.656. The van der Waals surface area contributed by atoms with Gasteiger partial charge in [-0.3, -0.25) is 0 Å². The molecule has 0 saturated carbocycles. The first-order valence-corrected chi connectivity index (χ1v) is 10.0. The third-order valence-corrected chi connectivity index (χ3v) is 6.67. The Balaban J connectivity index is 2.24. The van der Waals surface area contributed by atoms with E-state index in [9.17, 15) is 4.55 Å². The Morgan fingerprint density at radius 1 is 1.08 bits per heavy atom. The molecule has 1 aliphatic heterocycles. The molecular formula is C19H32BNO3S. The summed E-state index contributed by atoms with van der Waals surface area (Å²) < 4.78 is 27.6. The van der Waals surface area contributed by atoms with Crippen LogP contribution in [0.4, 0.5) is 0 Å². The molecule has 1 aliphatic rings. The molecule has 1 fully saturated rings. The van der Waals surface area contributed by atoms with E-state index in [0.29, 0.717) is 0 Å². The van der Waals surface area contributed by atoms with E-state index in [1.165, 1.54) is 0 Å². The molecule has 140 valence electrons. The van der Waals surface area contributed by atoms with Crippen molar-refractivity contribution < 1.29 is 13.9 Å². The molecule has 1 N–H and O–H groups in total. The summed E-state index contributed by atoms with van der Waals surface area (Å²) in [5.41, 5.74) is 2.50. The van der Waals surface area contributed by atoms with E-state index in [-0.39, 0.29) is 29.1 Å². The minimum Gasteiger partial charge on any atom is -0.598 e. The van der Waals surface area contributed by atoms with E-state index >= 15 is 0 Å². The third-order valence-electron chi connectivity index (χ3n) is 4.99. The van der Waals surface area contributed by atoms with Crippen LogP contribution in [0.3, 0.4) is 0 Å². The normalized spacial score (nSPS) is 22.1. The van der Waals surface area contributed by atoms with E-state index in [4.69, 9.17) is 9.31 Å². The predicted molar refractivity (Wildman–Crippen MR) is 106 cm³/mol. The van der Waals surface area contributed by atoms with E-state index in [0.717, 1.165) is 16.6 Å². The molecule has 0 amide bonds. The second kappa shape index (κ2) is 6.89. The fourth-order valence-electron chi connectivity index (χ4n) is 2.61. The highest BCUT2D eigenvalue weighted by Gasteiger charge is 2.51. The molecule has 0 spiro atoms. The van der Waals surface area contributed by atoms with E-state index < -0.39 is 11.4 Å². The maximum atomic E-state index is 12.4. The van der Waals surface area contributed by atoms with Crippen molar-refractivity contribution in [3.63, 3.8) is 0 Å². The highest BCUT2D eigenvalue weighted by Crippen LogP contribution is 2.36. The first-order chi connectivity index (χ1) is 11.2. The average molecular weight is 365 g/mol. The van der Waals surface area contributed by atoms with Crippen molar-refractivity contribution in [2.24, 2.45) is 0 Å².